The number of anilines is 1. The van der Waals surface area contributed by atoms with Gasteiger partial charge in [0.05, 0.1) is 5.69 Å². The molecule has 5 nitrogen and oxygen atoms in total. The van der Waals surface area contributed by atoms with Gasteiger partial charge in [-0.25, -0.2) is 9.97 Å². The van der Waals surface area contributed by atoms with Gasteiger partial charge in [0.1, 0.15) is 12.1 Å². The molecule has 0 atom stereocenters. The molecular formula is C23H24N4OS. The number of aromatic nitrogens is 2. The minimum Gasteiger partial charge on any atom is -0.357 e. The van der Waals surface area contributed by atoms with Crippen LogP contribution in [-0.2, 0) is 6.54 Å². The van der Waals surface area contributed by atoms with Gasteiger partial charge in [0.2, 0.25) is 0 Å². The lowest BCUT2D eigenvalue weighted by atomic mass is 10.1. The summed E-state index contributed by atoms with van der Waals surface area (Å²) in [4.78, 5) is 25.0. The van der Waals surface area contributed by atoms with E-state index in [1.807, 2.05) is 42.5 Å². The Morgan fingerprint density at radius 1 is 1.07 bits per heavy atom. The van der Waals surface area contributed by atoms with Gasteiger partial charge in [-0.3, -0.25) is 4.79 Å². The molecule has 1 saturated heterocycles. The predicted octanol–water partition coefficient (Wildman–Crippen LogP) is 4.40. The molecule has 1 aliphatic heterocycles. The number of hydrogen-bond donors (Lipinski definition) is 1. The Labute approximate surface area is 175 Å². The lowest BCUT2D eigenvalue weighted by Gasteiger charge is -2.16. The number of rotatable bonds is 6. The molecule has 29 heavy (non-hydrogen) atoms. The van der Waals surface area contributed by atoms with Gasteiger partial charge in [0, 0.05) is 41.7 Å². The molecule has 2 heterocycles. The topological polar surface area (TPSA) is 58.1 Å². The van der Waals surface area contributed by atoms with Crippen molar-refractivity contribution in [1.82, 2.24) is 15.3 Å². The zero-order valence-corrected chi connectivity index (χ0v) is 17.3. The summed E-state index contributed by atoms with van der Waals surface area (Å²) in [6.07, 6.45) is 6.06. The number of nitrogens with zero attached hydrogens (tertiary/aromatic N) is 3. The highest BCUT2D eigenvalue weighted by atomic mass is 32.2. The molecule has 0 radical (unpaired) electrons. The third kappa shape index (κ3) is 4.77. The number of benzene rings is 2. The quantitative estimate of drug-likeness (QED) is 0.617. The summed E-state index contributed by atoms with van der Waals surface area (Å²) in [5.74, 6) is 0.866. The fourth-order valence-electron chi connectivity index (χ4n) is 3.47. The molecule has 0 aliphatic carbocycles. The second kappa shape index (κ2) is 9.09. The van der Waals surface area contributed by atoms with Crippen LogP contribution in [0.3, 0.4) is 0 Å². The van der Waals surface area contributed by atoms with Gasteiger partial charge >= 0.3 is 0 Å². The number of hydrogen-bond acceptors (Lipinski definition) is 5. The Morgan fingerprint density at radius 2 is 1.86 bits per heavy atom. The molecule has 3 aromatic rings. The zero-order chi connectivity index (χ0) is 20.1. The monoisotopic (exact) mass is 404 g/mol. The highest BCUT2D eigenvalue weighted by molar-refractivity contribution is 7.98. The van der Waals surface area contributed by atoms with Crippen molar-refractivity contribution < 1.29 is 4.79 Å². The smallest absolute Gasteiger partial charge is 0.251 e. The average Bonchev–Trinajstić information content (AvgIpc) is 3.33. The molecular weight excluding hydrogens is 380 g/mol. The molecule has 4 rings (SSSR count). The van der Waals surface area contributed by atoms with Crippen molar-refractivity contribution in [2.24, 2.45) is 0 Å². The first-order chi connectivity index (χ1) is 14.2. The van der Waals surface area contributed by atoms with Gasteiger partial charge in [0.15, 0.2) is 0 Å². The van der Waals surface area contributed by atoms with Crippen LogP contribution in [-0.4, -0.2) is 35.2 Å². The second-order valence-corrected chi connectivity index (χ2v) is 7.95. The summed E-state index contributed by atoms with van der Waals surface area (Å²) in [5, 5.41) is 3.00. The summed E-state index contributed by atoms with van der Waals surface area (Å²) in [6.45, 7) is 2.58. The Kier molecular flexibility index (Phi) is 6.10. The standard InChI is InChI=1S/C23H24N4OS/c1-29-20-9-7-17(8-10-20)15-24-23(28)19-6-4-5-18(13-19)21-14-22(26-16-25-21)27-11-2-3-12-27/h4-10,13-14,16H,2-3,11-12,15H2,1H3,(H,24,28). The Morgan fingerprint density at radius 3 is 2.62 bits per heavy atom. The predicted molar refractivity (Wildman–Crippen MR) is 118 cm³/mol. The Bertz CT molecular complexity index is 984. The van der Waals surface area contributed by atoms with E-state index in [4.69, 9.17) is 0 Å². The maximum Gasteiger partial charge on any atom is 0.251 e. The van der Waals surface area contributed by atoms with Crippen molar-refractivity contribution in [2.45, 2.75) is 24.3 Å². The molecule has 0 spiro atoms. The average molecular weight is 405 g/mol. The van der Waals surface area contributed by atoms with Crippen LogP contribution < -0.4 is 10.2 Å². The van der Waals surface area contributed by atoms with E-state index in [9.17, 15) is 4.79 Å². The van der Waals surface area contributed by atoms with Crippen molar-refractivity contribution in [2.75, 3.05) is 24.2 Å². The molecule has 1 aromatic heterocycles. The van der Waals surface area contributed by atoms with Gasteiger partial charge < -0.3 is 10.2 Å². The first kappa shape index (κ1) is 19.5. The first-order valence-corrected chi connectivity index (χ1v) is 11.0. The maximum absolute atomic E-state index is 12.6. The lowest BCUT2D eigenvalue weighted by molar-refractivity contribution is 0.0951. The minimum absolute atomic E-state index is 0.0883. The molecule has 0 bridgehead atoms. The molecule has 1 N–H and O–H groups in total. The van der Waals surface area contributed by atoms with Crippen LogP contribution in [0.2, 0.25) is 0 Å². The van der Waals surface area contributed by atoms with Crippen LogP contribution in [0, 0.1) is 0 Å². The van der Waals surface area contributed by atoms with E-state index >= 15 is 0 Å². The number of thioether (sulfide) groups is 1. The van der Waals surface area contributed by atoms with Crippen molar-refractivity contribution in [1.29, 1.82) is 0 Å². The van der Waals surface area contributed by atoms with Crippen LogP contribution in [0.25, 0.3) is 11.3 Å². The van der Waals surface area contributed by atoms with Crippen LogP contribution in [0.4, 0.5) is 5.82 Å². The molecule has 148 valence electrons. The minimum atomic E-state index is -0.0883. The van der Waals surface area contributed by atoms with Crippen molar-refractivity contribution in [3.8, 4) is 11.3 Å². The van der Waals surface area contributed by atoms with E-state index in [1.54, 1.807) is 18.1 Å². The first-order valence-electron chi connectivity index (χ1n) is 9.81. The third-order valence-electron chi connectivity index (χ3n) is 5.12. The fourth-order valence-corrected chi connectivity index (χ4v) is 3.88. The molecule has 2 aromatic carbocycles. The van der Waals surface area contributed by atoms with Gasteiger partial charge in [-0.2, -0.15) is 0 Å². The van der Waals surface area contributed by atoms with Gasteiger partial charge in [-0.05, 0) is 48.9 Å². The lowest BCUT2D eigenvalue weighted by Crippen LogP contribution is -2.22. The zero-order valence-electron chi connectivity index (χ0n) is 16.5. The van der Waals surface area contributed by atoms with Crippen molar-refractivity contribution in [3.63, 3.8) is 0 Å². The number of amides is 1. The van der Waals surface area contributed by atoms with E-state index in [0.29, 0.717) is 12.1 Å². The number of carbonyl (C=O) groups excluding carboxylic acids is 1. The van der Waals surface area contributed by atoms with Crippen LogP contribution in [0.15, 0.2) is 65.8 Å². The third-order valence-corrected chi connectivity index (χ3v) is 5.86. The summed E-state index contributed by atoms with van der Waals surface area (Å²) in [6, 6.07) is 17.8. The maximum atomic E-state index is 12.6. The highest BCUT2D eigenvalue weighted by Crippen LogP contribution is 2.24. The second-order valence-electron chi connectivity index (χ2n) is 7.07. The summed E-state index contributed by atoms with van der Waals surface area (Å²) >= 11 is 1.71. The van der Waals surface area contributed by atoms with Gasteiger partial charge in [-0.1, -0.05) is 24.3 Å². The largest absolute Gasteiger partial charge is 0.357 e. The van der Waals surface area contributed by atoms with E-state index in [2.05, 4.69) is 38.6 Å². The molecule has 0 saturated carbocycles. The molecule has 1 fully saturated rings. The normalized spacial score (nSPS) is 13.5. The summed E-state index contributed by atoms with van der Waals surface area (Å²) < 4.78 is 0. The van der Waals surface area contributed by atoms with Gasteiger partial charge in [-0.15, -0.1) is 11.8 Å². The fraction of sp³-hybridized carbons (Fsp3) is 0.261. The van der Waals surface area contributed by atoms with Crippen LogP contribution >= 0.6 is 11.8 Å². The number of nitrogens with one attached hydrogen (secondary N) is 1. The summed E-state index contributed by atoms with van der Waals surface area (Å²) in [5.41, 5.74) is 3.47. The molecule has 0 unspecified atom stereocenters. The van der Waals surface area contributed by atoms with Crippen LogP contribution in [0.5, 0.6) is 0 Å². The van der Waals surface area contributed by atoms with Gasteiger partial charge in [0.25, 0.3) is 5.91 Å². The Hall–Kier alpha value is -2.86. The Balaban J connectivity index is 1.46. The van der Waals surface area contributed by atoms with Crippen molar-refractivity contribution in [3.05, 3.63) is 72.1 Å². The van der Waals surface area contributed by atoms with E-state index in [-0.39, 0.29) is 5.91 Å². The summed E-state index contributed by atoms with van der Waals surface area (Å²) in [7, 11) is 0. The SMILES string of the molecule is CSc1ccc(CNC(=O)c2cccc(-c3cc(N4CCCC4)ncn3)c2)cc1. The van der Waals surface area contributed by atoms with E-state index in [1.165, 1.54) is 17.7 Å². The molecule has 1 amide bonds. The van der Waals surface area contributed by atoms with E-state index < -0.39 is 0 Å². The number of carbonyl (C=O) groups is 1. The van der Waals surface area contributed by atoms with E-state index in [0.717, 1.165) is 35.7 Å². The molecule has 6 heteroatoms. The van der Waals surface area contributed by atoms with Crippen LogP contribution in [0.1, 0.15) is 28.8 Å². The van der Waals surface area contributed by atoms with Crippen molar-refractivity contribution >= 4 is 23.5 Å². The molecule has 1 aliphatic rings. The highest BCUT2D eigenvalue weighted by Gasteiger charge is 2.15.